The summed E-state index contributed by atoms with van der Waals surface area (Å²) in [6.07, 6.45) is 1.42. The lowest BCUT2D eigenvalue weighted by molar-refractivity contribution is 1.09. The molecule has 4 N–H and O–H groups in total. The number of anilines is 6. The lowest BCUT2D eigenvalue weighted by Gasteiger charge is -2.26. The Kier molecular flexibility index (Phi) is 5.88. The number of nitrogen functional groups attached to an aromatic ring is 1. The summed E-state index contributed by atoms with van der Waals surface area (Å²) in [6, 6.07) is 24.8. The maximum absolute atomic E-state index is 6.37. The minimum absolute atomic E-state index is 0.338. The normalized spacial score (nSPS) is 10.5. The first-order chi connectivity index (χ1) is 14.6. The van der Waals surface area contributed by atoms with Gasteiger partial charge in [0.15, 0.2) is 11.6 Å². The molecule has 0 aliphatic heterocycles. The fraction of sp³-hybridized carbons (Fsp3) is 0. The van der Waals surface area contributed by atoms with E-state index in [4.69, 9.17) is 28.9 Å². The molecule has 0 spiro atoms. The Morgan fingerprint density at radius 2 is 1.37 bits per heavy atom. The van der Waals surface area contributed by atoms with Gasteiger partial charge in [-0.05, 0) is 42.5 Å². The van der Waals surface area contributed by atoms with Gasteiger partial charge in [0.1, 0.15) is 12.0 Å². The Morgan fingerprint density at radius 1 is 0.767 bits per heavy atom. The Hall–Kier alpha value is -3.48. The van der Waals surface area contributed by atoms with Crippen molar-refractivity contribution in [2.45, 2.75) is 0 Å². The monoisotopic (exact) mass is 436 g/mol. The Labute approximate surface area is 184 Å². The average molecular weight is 437 g/mol. The van der Waals surface area contributed by atoms with E-state index in [1.165, 1.54) is 6.33 Å². The number of nitrogens with two attached hydrogens (primary N) is 1. The van der Waals surface area contributed by atoms with Gasteiger partial charge in [-0.25, -0.2) is 9.97 Å². The van der Waals surface area contributed by atoms with Gasteiger partial charge in [0, 0.05) is 5.02 Å². The van der Waals surface area contributed by atoms with E-state index in [9.17, 15) is 0 Å². The van der Waals surface area contributed by atoms with Gasteiger partial charge in [-0.1, -0.05) is 59.6 Å². The van der Waals surface area contributed by atoms with Crippen LogP contribution in [0.15, 0.2) is 85.2 Å². The summed E-state index contributed by atoms with van der Waals surface area (Å²) < 4.78 is 0. The molecular weight excluding hydrogens is 419 g/mol. The number of rotatable bonds is 6. The quantitative estimate of drug-likeness (QED) is 0.309. The topological polar surface area (TPSA) is 79.1 Å². The highest BCUT2D eigenvalue weighted by molar-refractivity contribution is 6.35. The third-order valence-electron chi connectivity index (χ3n) is 4.31. The van der Waals surface area contributed by atoms with Gasteiger partial charge < -0.3 is 11.1 Å². The van der Waals surface area contributed by atoms with Crippen molar-refractivity contribution in [1.29, 1.82) is 0 Å². The lowest BCUT2D eigenvalue weighted by Crippen LogP contribution is -2.26. The van der Waals surface area contributed by atoms with Gasteiger partial charge in [0.2, 0.25) is 0 Å². The number of benzene rings is 3. The van der Waals surface area contributed by atoms with Crippen molar-refractivity contribution < 1.29 is 0 Å². The van der Waals surface area contributed by atoms with E-state index in [1.54, 1.807) is 18.2 Å². The number of aromatic nitrogens is 2. The second-order valence-electron chi connectivity index (χ2n) is 6.35. The Bertz CT molecular complexity index is 1100. The van der Waals surface area contributed by atoms with Crippen molar-refractivity contribution in [3.8, 4) is 0 Å². The van der Waals surface area contributed by atoms with E-state index in [0.717, 1.165) is 11.4 Å². The molecule has 6 nitrogen and oxygen atoms in total. The zero-order valence-corrected chi connectivity index (χ0v) is 17.3. The standard InChI is InChI=1S/C22H18Cl2N6/c23-15-11-12-18(24)19(13-15)28-21-20(25)22(27-14-26-21)29-30(16-7-3-1-4-8-16)17-9-5-2-6-10-17/h1-14H,25H2,(H2,26,27,28,29). The van der Waals surface area contributed by atoms with Crippen LogP contribution in [0, 0.1) is 0 Å². The summed E-state index contributed by atoms with van der Waals surface area (Å²) in [5.74, 6) is 0.857. The molecule has 0 amide bonds. The van der Waals surface area contributed by atoms with Crippen molar-refractivity contribution in [2.24, 2.45) is 0 Å². The number of halogens is 2. The summed E-state index contributed by atoms with van der Waals surface area (Å²) in [4.78, 5) is 8.57. The molecule has 0 unspecified atom stereocenters. The molecule has 3 aromatic carbocycles. The van der Waals surface area contributed by atoms with Crippen molar-refractivity contribution in [1.82, 2.24) is 9.97 Å². The molecule has 1 heterocycles. The molecule has 0 fully saturated rings. The SMILES string of the molecule is Nc1c(Nc2cc(Cl)ccc2Cl)ncnc1NN(c1ccccc1)c1ccccc1. The first-order valence-corrected chi connectivity index (χ1v) is 9.87. The van der Waals surface area contributed by atoms with Crippen LogP contribution in [0.2, 0.25) is 10.0 Å². The number of hydrogen-bond donors (Lipinski definition) is 3. The molecule has 0 bridgehead atoms. The molecule has 4 rings (SSSR count). The molecule has 0 saturated heterocycles. The largest absolute Gasteiger partial charge is 0.393 e. The van der Waals surface area contributed by atoms with E-state index < -0.39 is 0 Å². The Morgan fingerprint density at radius 3 is 2.00 bits per heavy atom. The molecule has 8 heteroatoms. The van der Waals surface area contributed by atoms with Crippen molar-refractivity contribution in [2.75, 3.05) is 21.5 Å². The summed E-state index contributed by atoms with van der Waals surface area (Å²) in [5, 5.41) is 6.07. The minimum atomic E-state index is 0.338. The molecule has 4 aromatic rings. The Balaban J connectivity index is 1.68. The van der Waals surface area contributed by atoms with Gasteiger partial charge >= 0.3 is 0 Å². The predicted octanol–water partition coefficient (Wildman–Crippen LogP) is 6.27. The average Bonchev–Trinajstić information content (AvgIpc) is 2.78. The van der Waals surface area contributed by atoms with E-state index >= 15 is 0 Å². The van der Waals surface area contributed by atoms with Gasteiger partial charge in [0.05, 0.1) is 22.1 Å². The molecule has 0 saturated carbocycles. The van der Waals surface area contributed by atoms with Crippen LogP contribution < -0.4 is 21.5 Å². The number of hydrogen-bond acceptors (Lipinski definition) is 6. The summed E-state index contributed by atoms with van der Waals surface area (Å²) in [5.41, 5.74) is 12.5. The van der Waals surface area contributed by atoms with Crippen LogP contribution in [-0.2, 0) is 0 Å². The molecule has 0 atom stereocenters. The first-order valence-electron chi connectivity index (χ1n) is 9.11. The van der Waals surface area contributed by atoms with Crippen LogP contribution >= 0.6 is 23.2 Å². The highest BCUT2D eigenvalue weighted by Crippen LogP contribution is 2.33. The molecule has 0 aliphatic carbocycles. The molecule has 1 aromatic heterocycles. The minimum Gasteiger partial charge on any atom is -0.393 e. The second kappa shape index (κ2) is 8.90. The summed E-state index contributed by atoms with van der Waals surface area (Å²) in [6.45, 7) is 0. The fourth-order valence-electron chi connectivity index (χ4n) is 2.84. The van der Waals surface area contributed by atoms with Crippen LogP contribution in [0.5, 0.6) is 0 Å². The summed E-state index contributed by atoms with van der Waals surface area (Å²) in [7, 11) is 0. The van der Waals surface area contributed by atoms with E-state index in [-0.39, 0.29) is 0 Å². The molecule has 0 radical (unpaired) electrons. The van der Waals surface area contributed by atoms with Crippen LogP contribution in [0.4, 0.5) is 34.4 Å². The van der Waals surface area contributed by atoms with Gasteiger partial charge in [-0.3, -0.25) is 10.4 Å². The highest BCUT2D eigenvalue weighted by Gasteiger charge is 2.15. The summed E-state index contributed by atoms with van der Waals surface area (Å²) >= 11 is 12.3. The number of nitrogens with one attached hydrogen (secondary N) is 2. The fourth-order valence-corrected chi connectivity index (χ4v) is 3.18. The highest BCUT2D eigenvalue weighted by atomic mass is 35.5. The van der Waals surface area contributed by atoms with E-state index in [1.807, 2.05) is 65.7 Å². The zero-order chi connectivity index (χ0) is 20.9. The number of para-hydroxylation sites is 2. The molecule has 150 valence electrons. The van der Waals surface area contributed by atoms with Crippen LogP contribution in [0.25, 0.3) is 0 Å². The predicted molar refractivity (Wildman–Crippen MR) is 125 cm³/mol. The number of nitrogens with zero attached hydrogens (tertiary/aromatic N) is 3. The third kappa shape index (κ3) is 4.40. The maximum atomic E-state index is 6.37. The molecule has 0 aliphatic rings. The van der Waals surface area contributed by atoms with Gasteiger partial charge in [-0.2, -0.15) is 0 Å². The van der Waals surface area contributed by atoms with Crippen molar-refractivity contribution >= 4 is 57.6 Å². The van der Waals surface area contributed by atoms with Crippen LogP contribution in [0.3, 0.4) is 0 Å². The maximum Gasteiger partial charge on any atom is 0.173 e. The lowest BCUT2D eigenvalue weighted by atomic mass is 10.2. The van der Waals surface area contributed by atoms with Crippen molar-refractivity contribution in [3.63, 3.8) is 0 Å². The smallest absolute Gasteiger partial charge is 0.173 e. The number of hydrazine groups is 1. The molecule has 30 heavy (non-hydrogen) atoms. The zero-order valence-electron chi connectivity index (χ0n) is 15.8. The van der Waals surface area contributed by atoms with Crippen LogP contribution in [0.1, 0.15) is 0 Å². The third-order valence-corrected chi connectivity index (χ3v) is 4.88. The van der Waals surface area contributed by atoms with E-state index in [2.05, 4.69) is 20.7 Å². The van der Waals surface area contributed by atoms with Gasteiger partial charge in [0.25, 0.3) is 0 Å². The van der Waals surface area contributed by atoms with E-state index in [0.29, 0.717) is 33.1 Å². The van der Waals surface area contributed by atoms with Gasteiger partial charge in [-0.15, -0.1) is 0 Å². The van der Waals surface area contributed by atoms with Crippen LogP contribution in [-0.4, -0.2) is 9.97 Å². The first kappa shape index (κ1) is 19.8. The second-order valence-corrected chi connectivity index (χ2v) is 7.20. The van der Waals surface area contributed by atoms with Crippen molar-refractivity contribution in [3.05, 3.63) is 95.2 Å². The molecular formula is C22H18Cl2N6.